The Hall–Kier alpha value is -0.610. The Labute approximate surface area is 123 Å². The highest BCUT2D eigenvalue weighted by molar-refractivity contribution is 5.78. The second kappa shape index (κ2) is 7.99. The van der Waals surface area contributed by atoms with Gasteiger partial charge in [0, 0.05) is 12.1 Å². The van der Waals surface area contributed by atoms with Crippen molar-refractivity contribution in [3.63, 3.8) is 0 Å². The van der Waals surface area contributed by atoms with E-state index in [2.05, 4.69) is 24.1 Å². The molecule has 0 spiro atoms. The summed E-state index contributed by atoms with van der Waals surface area (Å²) >= 11 is 0. The molecule has 4 nitrogen and oxygen atoms in total. The molecule has 2 N–H and O–H groups in total. The second-order valence-electron chi connectivity index (χ2n) is 6.49. The van der Waals surface area contributed by atoms with E-state index in [-0.39, 0.29) is 0 Å². The Morgan fingerprint density at radius 1 is 1.30 bits per heavy atom. The van der Waals surface area contributed by atoms with Gasteiger partial charge in [-0.15, -0.1) is 0 Å². The van der Waals surface area contributed by atoms with Gasteiger partial charge in [-0.05, 0) is 66.0 Å². The van der Waals surface area contributed by atoms with Crippen molar-refractivity contribution in [2.75, 3.05) is 13.1 Å². The molecule has 0 aromatic heterocycles. The highest BCUT2D eigenvalue weighted by Gasteiger charge is 2.31. The van der Waals surface area contributed by atoms with Crippen LogP contribution in [0.15, 0.2) is 0 Å². The van der Waals surface area contributed by atoms with E-state index in [0.29, 0.717) is 25.0 Å². The molecule has 0 aromatic rings. The topological polar surface area (TPSA) is 52.6 Å². The summed E-state index contributed by atoms with van der Waals surface area (Å²) in [7, 11) is 0. The number of hydrogen-bond acceptors (Lipinski definition) is 3. The van der Waals surface area contributed by atoms with Crippen LogP contribution in [0.4, 0.5) is 0 Å². The number of carbonyl (C=O) groups is 1. The van der Waals surface area contributed by atoms with Crippen molar-refractivity contribution >= 4 is 5.97 Å². The second-order valence-corrected chi connectivity index (χ2v) is 6.49. The van der Waals surface area contributed by atoms with Crippen molar-refractivity contribution in [1.29, 1.82) is 0 Å². The number of nitrogens with one attached hydrogen (secondary N) is 1. The Morgan fingerprint density at radius 3 is 2.40 bits per heavy atom. The van der Waals surface area contributed by atoms with E-state index in [1.807, 2.05) is 6.92 Å². The van der Waals surface area contributed by atoms with Crippen LogP contribution >= 0.6 is 0 Å². The standard InChI is InChI=1S/C16H32N2O2/c1-5-17-16(4,15(19)20)11-6-7-12-18-13(2)9-8-10-14(18)3/h13-14,17H,5-12H2,1-4H3,(H,19,20). The number of hydrogen-bond donors (Lipinski definition) is 2. The van der Waals surface area contributed by atoms with Gasteiger partial charge in [0.25, 0.3) is 0 Å². The lowest BCUT2D eigenvalue weighted by atomic mass is 9.93. The molecule has 118 valence electrons. The van der Waals surface area contributed by atoms with Gasteiger partial charge in [0.05, 0.1) is 0 Å². The smallest absolute Gasteiger partial charge is 0.323 e. The molecule has 3 unspecified atom stereocenters. The Kier molecular flexibility index (Phi) is 6.96. The van der Waals surface area contributed by atoms with Crippen LogP contribution in [0.3, 0.4) is 0 Å². The summed E-state index contributed by atoms with van der Waals surface area (Å²) in [6.07, 6.45) is 6.70. The van der Waals surface area contributed by atoms with Gasteiger partial charge in [-0.1, -0.05) is 13.3 Å². The minimum Gasteiger partial charge on any atom is -0.480 e. The number of aliphatic carboxylic acids is 1. The molecule has 1 heterocycles. The summed E-state index contributed by atoms with van der Waals surface area (Å²) < 4.78 is 0. The van der Waals surface area contributed by atoms with Crippen molar-refractivity contribution in [1.82, 2.24) is 10.2 Å². The first kappa shape index (κ1) is 17.4. The zero-order valence-electron chi connectivity index (χ0n) is 13.6. The fourth-order valence-corrected chi connectivity index (χ4v) is 3.35. The summed E-state index contributed by atoms with van der Waals surface area (Å²) in [4.78, 5) is 13.9. The maximum atomic E-state index is 11.3. The van der Waals surface area contributed by atoms with Crippen molar-refractivity contribution in [2.24, 2.45) is 0 Å². The van der Waals surface area contributed by atoms with Gasteiger partial charge in [-0.3, -0.25) is 9.69 Å². The van der Waals surface area contributed by atoms with Crippen LogP contribution in [-0.4, -0.2) is 46.7 Å². The summed E-state index contributed by atoms with van der Waals surface area (Å²) in [5.41, 5.74) is -0.770. The fraction of sp³-hybridized carbons (Fsp3) is 0.938. The third-order valence-electron chi connectivity index (χ3n) is 4.76. The van der Waals surface area contributed by atoms with Gasteiger partial charge in [0.15, 0.2) is 0 Å². The predicted molar refractivity (Wildman–Crippen MR) is 83.0 cm³/mol. The fourth-order valence-electron chi connectivity index (χ4n) is 3.35. The summed E-state index contributed by atoms with van der Waals surface area (Å²) in [6, 6.07) is 1.36. The van der Waals surface area contributed by atoms with Crippen molar-refractivity contribution in [3.8, 4) is 0 Å². The third-order valence-corrected chi connectivity index (χ3v) is 4.76. The number of carboxylic acids is 1. The Morgan fingerprint density at radius 2 is 1.90 bits per heavy atom. The van der Waals surface area contributed by atoms with E-state index in [1.54, 1.807) is 6.92 Å². The predicted octanol–water partition coefficient (Wildman–Crippen LogP) is 2.87. The molecular formula is C16H32N2O2. The monoisotopic (exact) mass is 284 g/mol. The number of likely N-dealkylation sites (tertiary alicyclic amines) is 1. The zero-order valence-corrected chi connectivity index (χ0v) is 13.6. The third kappa shape index (κ3) is 4.74. The first-order valence-corrected chi connectivity index (χ1v) is 8.15. The average molecular weight is 284 g/mol. The molecule has 0 bridgehead atoms. The molecule has 0 saturated carbocycles. The first-order chi connectivity index (χ1) is 9.40. The highest BCUT2D eigenvalue weighted by Crippen LogP contribution is 2.23. The van der Waals surface area contributed by atoms with Crippen LogP contribution in [0.2, 0.25) is 0 Å². The lowest BCUT2D eigenvalue weighted by Crippen LogP contribution is -2.49. The Balaban J connectivity index is 2.34. The van der Waals surface area contributed by atoms with Gasteiger partial charge in [-0.25, -0.2) is 0 Å². The van der Waals surface area contributed by atoms with E-state index in [4.69, 9.17) is 0 Å². The van der Waals surface area contributed by atoms with Crippen LogP contribution in [0.1, 0.15) is 66.2 Å². The molecule has 1 aliphatic heterocycles. The quantitative estimate of drug-likeness (QED) is 0.673. The molecular weight excluding hydrogens is 252 g/mol. The van der Waals surface area contributed by atoms with E-state index >= 15 is 0 Å². The molecule has 1 saturated heterocycles. The summed E-state index contributed by atoms with van der Waals surface area (Å²) in [5, 5.41) is 12.4. The van der Waals surface area contributed by atoms with Gasteiger partial charge < -0.3 is 10.4 Å². The van der Waals surface area contributed by atoms with Gasteiger partial charge in [0.1, 0.15) is 5.54 Å². The van der Waals surface area contributed by atoms with Crippen LogP contribution in [-0.2, 0) is 4.79 Å². The van der Waals surface area contributed by atoms with Crippen LogP contribution in [0.5, 0.6) is 0 Å². The van der Waals surface area contributed by atoms with E-state index in [9.17, 15) is 9.90 Å². The van der Waals surface area contributed by atoms with Gasteiger partial charge in [0.2, 0.25) is 0 Å². The lowest BCUT2D eigenvalue weighted by Gasteiger charge is -2.39. The zero-order chi connectivity index (χ0) is 15.2. The summed E-state index contributed by atoms with van der Waals surface area (Å²) in [6.45, 7) is 10.2. The summed E-state index contributed by atoms with van der Waals surface area (Å²) in [5.74, 6) is -0.737. The maximum absolute atomic E-state index is 11.3. The maximum Gasteiger partial charge on any atom is 0.323 e. The average Bonchev–Trinajstić information content (AvgIpc) is 2.37. The van der Waals surface area contributed by atoms with Gasteiger partial charge >= 0.3 is 5.97 Å². The number of carboxylic acid groups (broad SMARTS) is 1. The molecule has 3 atom stereocenters. The number of nitrogens with zero attached hydrogens (tertiary/aromatic N) is 1. The van der Waals surface area contributed by atoms with E-state index < -0.39 is 11.5 Å². The largest absolute Gasteiger partial charge is 0.480 e. The molecule has 1 rings (SSSR count). The van der Waals surface area contributed by atoms with E-state index in [1.165, 1.54) is 19.3 Å². The molecule has 0 aromatic carbocycles. The number of unbranched alkanes of at least 4 members (excludes halogenated alkanes) is 1. The van der Waals surface area contributed by atoms with Crippen molar-refractivity contribution < 1.29 is 9.90 Å². The molecule has 1 aliphatic rings. The van der Waals surface area contributed by atoms with Crippen LogP contribution < -0.4 is 5.32 Å². The first-order valence-electron chi connectivity index (χ1n) is 8.15. The normalized spacial score (nSPS) is 27.2. The molecule has 0 aliphatic carbocycles. The highest BCUT2D eigenvalue weighted by atomic mass is 16.4. The van der Waals surface area contributed by atoms with Gasteiger partial charge in [-0.2, -0.15) is 0 Å². The Bertz CT molecular complexity index is 299. The van der Waals surface area contributed by atoms with Crippen molar-refractivity contribution in [2.45, 2.75) is 83.8 Å². The minimum absolute atomic E-state index is 0.679. The molecule has 4 heteroatoms. The van der Waals surface area contributed by atoms with Crippen molar-refractivity contribution in [3.05, 3.63) is 0 Å². The molecule has 0 amide bonds. The SMILES string of the molecule is CCNC(C)(CCCCN1C(C)CCCC1C)C(=O)O. The number of piperidine rings is 1. The van der Waals surface area contributed by atoms with Crippen LogP contribution in [0.25, 0.3) is 0 Å². The van der Waals surface area contributed by atoms with E-state index in [0.717, 1.165) is 19.4 Å². The number of likely N-dealkylation sites (N-methyl/N-ethyl adjacent to an activating group) is 1. The minimum atomic E-state index is -0.770. The molecule has 20 heavy (non-hydrogen) atoms. The number of rotatable bonds is 8. The van der Waals surface area contributed by atoms with Crippen LogP contribution in [0, 0.1) is 0 Å². The lowest BCUT2D eigenvalue weighted by molar-refractivity contribution is -0.144. The molecule has 1 fully saturated rings. The molecule has 0 radical (unpaired) electrons.